The molecule has 2 rings (SSSR count). The van der Waals surface area contributed by atoms with Crippen LogP contribution in [-0.2, 0) is 15.5 Å². The lowest BCUT2D eigenvalue weighted by atomic mass is 10.1. The molecule has 0 radical (unpaired) electrons. The predicted molar refractivity (Wildman–Crippen MR) is 64.2 cm³/mol. The average molecular weight is 256 g/mol. The second-order valence-corrected chi connectivity index (χ2v) is 6.06. The van der Waals surface area contributed by atoms with Crippen LogP contribution in [0, 0.1) is 0 Å². The van der Waals surface area contributed by atoms with E-state index in [1.165, 1.54) is 6.07 Å². The van der Waals surface area contributed by atoms with Crippen LogP contribution in [-0.4, -0.2) is 13.4 Å². The molecule has 0 aliphatic carbocycles. The lowest BCUT2D eigenvalue weighted by Crippen LogP contribution is -1.91. The number of aryl methyl sites for hydroxylation is 1. The molecule has 0 unspecified atom stereocenters. The molecule has 84 valence electrons. The van der Waals surface area contributed by atoms with Gasteiger partial charge in [-0.15, -0.1) is 0 Å². The first-order valence-corrected chi connectivity index (χ1v) is 7.15. The maximum absolute atomic E-state index is 11.2. The maximum atomic E-state index is 11.2. The number of hydrogen-bond donors (Lipinski definition) is 0. The van der Waals surface area contributed by atoms with Crippen LogP contribution in [0.15, 0.2) is 35.4 Å². The molecule has 0 amide bonds. The van der Waals surface area contributed by atoms with E-state index in [0.717, 1.165) is 22.9 Å². The Balaban J connectivity index is 2.69. The van der Waals surface area contributed by atoms with Crippen molar-refractivity contribution in [2.45, 2.75) is 18.2 Å². The SMILES string of the molecule is CCc1cnc2ccc(S(=O)(=O)Cl)cc2c1. The van der Waals surface area contributed by atoms with Gasteiger partial charge >= 0.3 is 0 Å². The summed E-state index contributed by atoms with van der Waals surface area (Å²) in [6, 6.07) is 6.59. The molecule has 0 fully saturated rings. The molecule has 0 atom stereocenters. The number of fused-ring (bicyclic) bond motifs is 1. The van der Waals surface area contributed by atoms with E-state index < -0.39 is 9.05 Å². The first-order chi connectivity index (χ1) is 7.50. The fourth-order valence-corrected chi connectivity index (χ4v) is 2.29. The summed E-state index contributed by atoms with van der Waals surface area (Å²) >= 11 is 0. The number of hydrogen-bond acceptors (Lipinski definition) is 3. The number of pyridine rings is 1. The summed E-state index contributed by atoms with van der Waals surface area (Å²) in [5.41, 5.74) is 1.83. The highest BCUT2D eigenvalue weighted by Crippen LogP contribution is 2.21. The zero-order valence-electron chi connectivity index (χ0n) is 8.64. The first-order valence-electron chi connectivity index (χ1n) is 4.84. The Morgan fingerprint density at radius 1 is 1.31 bits per heavy atom. The van der Waals surface area contributed by atoms with Gasteiger partial charge in [-0.25, -0.2) is 8.42 Å². The summed E-state index contributed by atoms with van der Waals surface area (Å²) in [7, 11) is 1.62. The van der Waals surface area contributed by atoms with Crippen molar-refractivity contribution in [3.63, 3.8) is 0 Å². The zero-order valence-corrected chi connectivity index (χ0v) is 10.2. The second-order valence-electron chi connectivity index (χ2n) is 3.49. The van der Waals surface area contributed by atoms with Crippen molar-refractivity contribution >= 4 is 30.6 Å². The molecule has 0 saturated heterocycles. The van der Waals surface area contributed by atoms with Crippen molar-refractivity contribution < 1.29 is 8.42 Å². The lowest BCUT2D eigenvalue weighted by Gasteiger charge is -2.02. The van der Waals surface area contributed by atoms with Crippen LogP contribution in [0.4, 0.5) is 0 Å². The van der Waals surface area contributed by atoms with E-state index in [2.05, 4.69) is 4.98 Å². The van der Waals surface area contributed by atoms with Crippen LogP contribution in [0.5, 0.6) is 0 Å². The van der Waals surface area contributed by atoms with Crippen molar-refractivity contribution in [2.24, 2.45) is 0 Å². The van der Waals surface area contributed by atoms with E-state index in [4.69, 9.17) is 10.7 Å². The molecule has 0 bridgehead atoms. The highest BCUT2D eigenvalue weighted by Gasteiger charge is 2.10. The number of rotatable bonds is 2. The minimum absolute atomic E-state index is 0.108. The molecule has 0 saturated carbocycles. The molecule has 0 aliphatic heterocycles. The van der Waals surface area contributed by atoms with Crippen LogP contribution in [0.25, 0.3) is 10.9 Å². The van der Waals surface area contributed by atoms with Crippen LogP contribution >= 0.6 is 10.7 Å². The molecular weight excluding hydrogens is 246 g/mol. The van der Waals surface area contributed by atoms with Gasteiger partial charge in [0.1, 0.15) is 0 Å². The molecule has 0 aliphatic rings. The number of nitrogens with zero attached hydrogens (tertiary/aromatic N) is 1. The lowest BCUT2D eigenvalue weighted by molar-refractivity contribution is 0.609. The highest BCUT2D eigenvalue weighted by molar-refractivity contribution is 8.13. The van der Waals surface area contributed by atoms with Gasteiger partial charge in [0.05, 0.1) is 10.4 Å². The fourth-order valence-electron chi connectivity index (χ4n) is 1.50. The normalized spacial score (nSPS) is 11.9. The summed E-state index contributed by atoms with van der Waals surface area (Å²) in [4.78, 5) is 4.35. The fraction of sp³-hybridized carbons (Fsp3) is 0.182. The second kappa shape index (κ2) is 4.03. The van der Waals surface area contributed by atoms with Crippen LogP contribution in [0.1, 0.15) is 12.5 Å². The van der Waals surface area contributed by atoms with Gasteiger partial charge in [-0.2, -0.15) is 0 Å². The third-order valence-corrected chi connectivity index (χ3v) is 3.75. The van der Waals surface area contributed by atoms with Gasteiger partial charge in [0.25, 0.3) is 9.05 Å². The summed E-state index contributed by atoms with van der Waals surface area (Å²) < 4.78 is 22.4. The van der Waals surface area contributed by atoms with Gasteiger partial charge in [0, 0.05) is 22.3 Å². The van der Waals surface area contributed by atoms with Gasteiger partial charge in [-0.1, -0.05) is 6.92 Å². The quantitative estimate of drug-likeness (QED) is 0.776. The Bertz CT molecular complexity index is 637. The van der Waals surface area contributed by atoms with Crippen molar-refractivity contribution in [1.29, 1.82) is 0 Å². The first kappa shape index (κ1) is 11.4. The van der Waals surface area contributed by atoms with E-state index >= 15 is 0 Å². The summed E-state index contributed by atoms with van der Waals surface area (Å²) in [5.74, 6) is 0. The van der Waals surface area contributed by atoms with Gasteiger partial charge in [0.15, 0.2) is 0 Å². The Morgan fingerprint density at radius 3 is 2.69 bits per heavy atom. The molecule has 0 spiro atoms. The zero-order chi connectivity index (χ0) is 11.8. The Morgan fingerprint density at radius 2 is 2.06 bits per heavy atom. The Labute approximate surface area is 98.5 Å². The van der Waals surface area contributed by atoms with Crippen LogP contribution < -0.4 is 0 Å². The predicted octanol–water partition coefficient (Wildman–Crippen LogP) is 2.72. The van der Waals surface area contributed by atoms with Crippen LogP contribution in [0.2, 0.25) is 0 Å². The van der Waals surface area contributed by atoms with E-state index in [-0.39, 0.29) is 4.90 Å². The molecular formula is C11H10ClNO2S. The Kier molecular flexibility index (Phi) is 2.86. The molecule has 0 N–H and O–H groups in total. The standard InChI is InChI=1S/C11H10ClNO2S/c1-2-8-5-9-6-10(16(12,14)15)3-4-11(9)13-7-8/h3-7H,2H2,1H3. The van der Waals surface area contributed by atoms with Gasteiger partial charge in [0.2, 0.25) is 0 Å². The van der Waals surface area contributed by atoms with E-state index in [1.54, 1.807) is 18.3 Å². The van der Waals surface area contributed by atoms with E-state index in [9.17, 15) is 8.42 Å². The van der Waals surface area contributed by atoms with Crippen molar-refractivity contribution in [3.05, 3.63) is 36.0 Å². The number of aromatic nitrogens is 1. The largest absolute Gasteiger partial charge is 0.261 e. The molecule has 3 nitrogen and oxygen atoms in total. The molecule has 16 heavy (non-hydrogen) atoms. The third kappa shape index (κ3) is 2.18. The van der Waals surface area contributed by atoms with Crippen LogP contribution in [0.3, 0.4) is 0 Å². The Hall–Kier alpha value is -1.13. The van der Waals surface area contributed by atoms with E-state index in [0.29, 0.717) is 0 Å². The highest BCUT2D eigenvalue weighted by atomic mass is 35.7. The number of benzene rings is 1. The summed E-state index contributed by atoms with van der Waals surface area (Å²) in [6.45, 7) is 2.02. The molecule has 5 heteroatoms. The monoisotopic (exact) mass is 255 g/mol. The third-order valence-electron chi connectivity index (χ3n) is 2.40. The average Bonchev–Trinajstić information content (AvgIpc) is 2.26. The molecule has 1 aromatic carbocycles. The molecule has 1 heterocycles. The smallest absolute Gasteiger partial charge is 0.256 e. The number of halogens is 1. The van der Waals surface area contributed by atoms with Crippen molar-refractivity contribution in [2.75, 3.05) is 0 Å². The minimum Gasteiger partial charge on any atom is -0.256 e. The summed E-state index contributed by atoms with van der Waals surface area (Å²) in [6.07, 6.45) is 2.65. The van der Waals surface area contributed by atoms with Crippen molar-refractivity contribution in [1.82, 2.24) is 4.98 Å². The minimum atomic E-state index is -3.67. The maximum Gasteiger partial charge on any atom is 0.261 e. The molecule has 1 aromatic heterocycles. The summed E-state index contributed by atoms with van der Waals surface area (Å²) in [5, 5.41) is 0.793. The van der Waals surface area contributed by atoms with Gasteiger partial charge in [-0.05, 0) is 36.2 Å². The topological polar surface area (TPSA) is 47.0 Å². The van der Waals surface area contributed by atoms with Gasteiger partial charge < -0.3 is 0 Å². The molecule has 2 aromatic rings. The van der Waals surface area contributed by atoms with Crippen molar-refractivity contribution in [3.8, 4) is 0 Å². The van der Waals surface area contributed by atoms with E-state index in [1.807, 2.05) is 13.0 Å². The van der Waals surface area contributed by atoms with Gasteiger partial charge in [-0.3, -0.25) is 4.98 Å².